The number of aliphatic hydroxyl groups excluding tert-OH is 1. The van der Waals surface area contributed by atoms with Crippen LogP contribution in [0.3, 0.4) is 0 Å². The first-order valence-corrected chi connectivity index (χ1v) is 4.26. The van der Waals surface area contributed by atoms with Crippen LogP contribution in [-0.4, -0.2) is 5.11 Å². The molecule has 0 spiro atoms. The minimum Gasteiger partial charge on any atom is -0.398 e. The zero-order chi connectivity index (χ0) is 9.68. The van der Waals surface area contributed by atoms with Gasteiger partial charge < -0.3 is 10.8 Å². The maximum atomic E-state index is 8.89. The van der Waals surface area contributed by atoms with E-state index >= 15 is 0 Å². The van der Waals surface area contributed by atoms with Crippen LogP contribution in [0.4, 0.5) is 5.69 Å². The molecule has 0 atom stereocenters. The van der Waals surface area contributed by atoms with E-state index in [0.29, 0.717) is 5.69 Å². The molecule has 2 heteroatoms. The molecule has 68 valence electrons. The number of hydrogen-bond acceptors (Lipinski definition) is 2. The van der Waals surface area contributed by atoms with Crippen LogP contribution in [0.25, 0.3) is 0 Å². The highest BCUT2D eigenvalue weighted by Gasteiger charge is 1.96. The smallest absolute Gasteiger partial charge is 0.0682 e. The van der Waals surface area contributed by atoms with Gasteiger partial charge in [0.2, 0.25) is 0 Å². The van der Waals surface area contributed by atoms with Crippen LogP contribution in [0.15, 0.2) is 18.2 Å². The average Bonchev–Trinajstić information content (AvgIpc) is 2.17. The van der Waals surface area contributed by atoms with Gasteiger partial charge in [-0.15, -0.1) is 0 Å². The van der Waals surface area contributed by atoms with Crippen molar-refractivity contribution in [2.75, 3.05) is 5.73 Å². The third-order valence-corrected chi connectivity index (χ3v) is 1.70. The maximum absolute atomic E-state index is 8.89. The van der Waals surface area contributed by atoms with E-state index in [4.69, 9.17) is 10.8 Å². The van der Waals surface area contributed by atoms with Crippen LogP contribution >= 0.6 is 0 Å². The van der Waals surface area contributed by atoms with Crippen molar-refractivity contribution in [3.05, 3.63) is 29.3 Å². The molecule has 3 N–H and O–H groups in total. The Morgan fingerprint density at radius 3 is 2.85 bits per heavy atom. The van der Waals surface area contributed by atoms with Crippen molar-refractivity contribution in [3.63, 3.8) is 0 Å². The number of aliphatic hydroxyl groups is 1. The second kappa shape index (κ2) is 4.54. The van der Waals surface area contributed by atoms with Gasteiger partial charge in [0.15, 0.2) is 0 Å². The molecule has 0 saturated heterocycles. The highest BCUT2D eigenvalue weighted by molar-refractivity contribution is 5.57. The summed E-state index contributed by atoms with van der Waals surface area (Å²) in [6, 6.07) is 5.38. The molecule has 0 saturated carbocycles. The third-order valence-electron chi connectivity index (χ3n) is 1.70. The lowest BCUT2D eigenvalue weighted by molar-refractivity contribution is 0.282. The van der Waals surface area contributed by atoms with Gasteiger partial charge in [-0.25, -0.2) is 0 Å². The van der Waals surface area contributed by atoms with Crippen LogP contribution in [0, 0.1) is 11.8 Å². The summed E-state index contributed by atoms with van der Waals surface area (Å²) < 4.78 is 0. The lowest BCUT2D eigenvalue weighted by Gasteiger charge is -2.00. The monoisotopic (exact) mass is 175 g/mol. The normalized spacial score (nSPS) is 9.08. The zero-order valence-corrected chi connectivity index (χ0v) is 7.67. The minimum absolute atomic E-state index is 0.0289. The fourth-order valence-corrected chi connectivity index (χ4v) is 0.994. The van der Waals surface area contributed by atoms with E-state index < -0.39 is 0 Å². The quantitative estimate of drug-likeness (QED) is 0.502. The van der Waals surface area contributed by atoms with Crippen molar-refractivity contribution in [1.29, 1.82) is 0 Å². The van der Waals surface area contributed by atoms with Crippen molar-refractivity contribution < 1.29 is 5.11 Å². The van der Waals surface area contributed by atoms with Gasteiger partial charge in [-0.3, -0.25) is 0 Å². The first-order chi connectivity index (χ1) is 6.27. The summed E-state index contributed by atoms with van der Waals surface area (Å²) in [5, 5.41) is 8.89. The van der Waals surface area contributed by atoms with Crippen LogP contribution < -0.4 is 5.73 Å². The fourth-order valence-electron chi connectivity index (χ4n) is 0.994. The van der Waals surface area contributed by atoms with E-state index in [-0.39, 0.29) is 6.61 Å². The predicted octanol–water partition coefficient (Wildman–Crippen LogP) is 1.52. The van der Waals surface area contributed by atoms with Crippen LogP contribution in [0.2, 0.25) is 0 Å². The Bertz CT molecular complexity index is 347. The van der Waals surface area contributed by atoms with E-state index in [1.54, 1.807) is 12.1 Å². The highest BCUT2D eigenvalue weighted by Crippen LogP contribution is 2.12. The van der Waals surface area contributed by atoms with E-state index in [1.165, 1.54) is 0 Å². The van der Waals surface area contributed by atoms with Crippen molar-refractivity contribution >= 4 is 5.69 Å². The second-order valence-corrected chi connectivity index (χ2v) is 2.74. The zero-order valence-electron chi connectivity index (χ0n) is 7.67. The van der Waals surface area contributed by atoms with Crippen LogP contribution in [0.1, 0.15) is 24.5 Å². The van der Waals surface area contributed by atoms with Gasteiger partial charge in [-0.2, -0.15) is 0 Å². The number of nitrogens with two attached hydrogens (primary N) is 1. The molecule has 0 aliphatic carbocycles. The molecule has 0 heterocycles. The van der Waals surface area contributed by atoms with Crippen LogP contribution in [0.5, 0.6) is 0 Å². The molecule has 2 nitrogen and oxygen atoms in total. The molecule has 1 aromatic carbocycles. The van der Waals surface area contributed by atoms with Gasteiger partial charge in [0.1, 0.15) is 0 Å². The van der Waals surface area contributed by atoms with Crippen molar-refractivity contribution in [2.45, 2.75) is 20.0 Å². The van der Waals surface area contributed by atoms with E-state index in [2.05, 4.69) is 11.8 Å². The minimum atomic E-state index is 0.0289. The number of benzene rings is 1. The number of hydrogen-bond donors (Lipinski definition) is 2. The Labute approximate surface area is 78.4 Å². The molecule has 1 aromatic rings. The predicted molar refractivity (Wildman–Crippen MR) is 53.9 cm³/mol. The van der Waals surface area contributed by atoms with Crippen LogP contribution in [-0.2, 0) is 6.61 Å². The molecule has 0 aliphatic rings. The number of rotatable bonds is 1. The van der Waals surface area contributed by atoms with Gasteiger partial charge in [-0.1, -0.05) is 24.8 Å². The average molecular weight is 175 g/mol. The Morgan fingerprint density at radius 1 is 1.46 bits per heavy atom. The second-order valence-electron chi connectivity index (χ2n) is 2.74. The summed E-state index contributed by atoms with van der Waals surface area (Å²) in [5.74, 6) is 5.90. The molecule has 13 heavy (non-hydrogen) atoms. The van der Waals surface area contributed by atoms with Crippen molar-refractivity contribution in [3.8, 4) is 11.8 Å². The van der Waals surface area contributed by atoms with Gasteiger partial charge >= 0.3 is 0 Å². The largest absolute Gasteiger partial charge is 0.398 e. The third kappa shape index (κ3) is 2.50. The highest BCUT2D eigenvalue weighted by atomic mass is 16.3. The lowest BCUT2D eigenvalue weighted by atomic mass is 10.1. The fraction of sp³-hybridized carbons (Fsp3) is 0.273. The Balaban J connectivity index is 3.04. The lowest BCUT2D eigenvalue weighted by Crippen LogP contribution is -1.92. The van der Waals surface area contributed by atoms with Gasteiger partial charge in [0.25, 0.3) is 0 Å². The maximum Gasteiger partial charge on any atom is 0.0682 e. The van der Waals surface area contributed by atoms with E-state index in [0.717, 1.165) is 17.5 Å². The number of anilines is 1. The summed E-state index contributed by atoms with van der Waals surface area (Å²) >= 11 is 0. The van der Waals surface area contributed by atoms with Crippen molar-refractivity contribution in [2.24, 2.45) is 0 Å². The SMILES string of the molecule is CCC#Cc1cc(CO)ccc1N. The van der Waals surface area contributed by atoms with Gasteiger partial charge in [0.05, 0.1) is 6.61 Å². The summed E-state index contributed by atoms with van der Waals surface area (Å²) in [6.07, 6.45) is 0.808. The molecule has 0 unspecified atom stereocenters. The Hall–Kier alpha value is -1.46. The summed E-state index contributed by atoms with van der Waals surface area (Å²) in [5.41, 5.74) is 8.01. The summed E-state index contributed by atoms with van der Waals surface area (Å²) in [4.78, 5) is 0. The molecular formula is C11H13NO. The molecule has 0 radical (unpaired) electrons. The first kappa shape index (κ1) is 9.63. The molecule has 1 rings (SSSR count). The number of nitrogen functional groups attached to an aromatic ring is 1. The van der Waals surface area contributed by atoms with Gasteiger partial charge in [-0.05, 0) is 17.7 Å². The first-order valence-electron chi connectivity index (χ1n) is 4.26. The molecule has 0 bridgehead atoms. The standard InChI is InChI=1S/C11H13NO/c1-2-3-4-10-7-9(8-13)5-6-11(10)12/h5-7,13H,2,8,12H2,1H3. The Morgan fingerprint density at radius 2 is 2.23 bits per heavy atom. The molecular weight excluding hydrogens is 162 g/mol. The van der Waals surface area contributed by atoms with E-state index in [9.17, 15) is 0 Å². The Kier molecular flexibility index (Phi) is 3.36. The topological polar surface area (TPSA) is 46.2 Å². The van der Waals surface area contributed by atoms with E-state index in [1.807, 2.05) is 13.0 Å². The summed E-state index contributed by atoms with van der Waals surface area (Å²) in [7, 11) is 0. The molecule has 0 amide bonds. The van der Waals surface area contributed by atoms with Gasteiger partial charge in [0, 0.05) is 17.7 Å². The summed E-state index contributed by atoms with van der Waals surface area (Å²) in [6.45, 7) is 2.01. The van der Waals surface area contributed by atoms with Crippen molar-refractivity contribution in [1.82, 2.24) is 0 Å². The molecule has 0 aliphatic heterocycles. The molecule has 0 aromatic heterocycles. The molecule has 0 fully saturated rings.